The van der Waals surface area contributed by atoms with E-state index in [0.29, 0.717) is 0 Å². The van der Waals surface area contributed by atoms with Gasteiger partial charge in [-0.3, -0.25) is 4.79 Å². The zero-order valence-electron chi connectivity index (χ0n) is 9.18. The van der Waals surface area contributed by atoms with Crippen molar-refractivity contribution in [2.45, 2.75) is 38.3 Å². The summed E-state index contributed by atoms with van der Waals surface area (Å²) in [5.41, 5.74) is 2.54. The highest BCUT2D eigenvalue weighted by Crippen LogP contribution is 2.34. The van der Waals surface area contributed by atoms with E-state index in [1.165, 1.54) is 18.1 Å². The number of ketones is 1. The SMILES string of the molecule is CC(=O)[C@@H]1O[C@H]2C=C3C=CCCC3=C[C@@H]2O1. The predicted octanol–water partition coefficient (Wildman–Crippen LogP) is 1.90. The van der Waals surface area contributed by atoms with Gasteiger partial charge in [0.25, 0.3) is 0 Å². The molecule has 1 fully saturated rings. The number of rotatable bonds is 1. The van der Waals surface area contributed by atoms with Crippen LogP contribution in [0.25, 0.3) is 0 Å². The van der Waals surface area contributed by atoms with Crippen LogP contribution < -0.4 is 0 Å². The first-order chi connectivity index (χ1) is 7.74. The van der Waals surface area contributed by atoms with Crippen molar-refractivity contribution in [3.63, 3.8) is 0 Å². The molecule has 0 unspecified atom stereocenters. The number of allylic oxidation sites excluding steroid dienone is 4. The number of fused-ring (bicyclic) bond motifs is 2. The molecule has 16 heavy (non-hydrogen) atoms. The fourth-order valence-electron chi connectivity index (χ4n) is 2.35. The van der Waals surface area contributed by atoms with Gasteiger partial charge >= 0.3 is 0 Å². The maximum atomic E-state index is 11.2. The van der Waals surface area contributed by atoms with Crippen molar-refractivity contribution in [1.82, 2.24) is 0 Å². The number of ether oxygens (including phenoxy) is 2. The van der Waals surface area contributed by atoms with Crippen molar-refractivity contribution >= 4 is 5.78 Å². The van der Waals surface area contributed by atoms with Crippen LogP contribution in [0.3, 0.4) is 0 Å². The standard InChI is InChI=1S/C13H14O3/c1-8(14)13-15-11-6-9-4-2-3-5-10(9)7-12(11)16-13/h2,4,6-7,11-13H,3,5H2,1H3/t11-,12-,13+/m0/s1. The van der Waals surface area contributed by atoms with E-state index in [1.54, 1.807) is 0 Å². The van der Waals surface area contributed by atoms with E-state index in [4.69, 9.17) is 9.47 Å². The lowest BCUT2D eigenvalue weighted by Crippen LogP contribution is -2.23. The van der Waals surface area contributed by atoms with Gasteiger partial charge in [0.05, 0.1) is 0 Å². The van der Waals surface area contributed by atoms with Crippen LogP contribution >= 0.6 is 0 Å². The van der Waals surface area contributed by atoms with Crippen LogP contribution in [0.1, 0.15) is 19.8 Å². The second-order valence-corrected chi connectivity index (χ2v) is 4.40. The van der Waals surface area contributed by atoms with Crippen LogP contribution in [-0.2, 0) is 14.3 Å². The van der Waals surface area contributed by atoms with E-state index in [1.807, 2.05) is 0 Å². The minimum absolute atomic E-state index is 0.0651. The van der Waals surface area contributed by atoms with Crippen molar-refractivity contribution < 1.29 is 14.3 Å². The molecule has 1 heterocycles. The Balaban J connectivity index is 1.87. The Morgan fingerprint density at radius 2 is 2.06 bits per heavy atom. The second kappa shape index (κ2) is 3.68. The largest absolute Gasteiger partial charge is 0.335 e. The van der Waals surface area contributed by atoms with Crippen molar-refractivity contribution in [3.05, 3.63) is 35.5 Å². The first-order valence-electron chi connectivity index (χ1n) is 5.65. The minimum Gasteiger partial charge on any atom is -0.335 e. The van der Waals surface area contributed by atoms with Gasteiger partial charge in [-0.2, -0.15) is 0 Å². The molecule has 0 aromatic carbocycles. The quantitative estimate of drug-likeness (QED) is 0.674. The summed E-state index contributed by atoms with van der Waals surface area (Å²) in [5.74, 6) is -0.0651. The number of hydrogen-bond donors (Lipinski definition) is 0. The average molecular weight is 218 g/mol. The van der Waals surface area contributed by atoms with Gasteiger partial charge in [-0.15, -0.1) is 0 Å². The third kappa shape index (κ3) is 1.56. The molecule has 0 bridgehead atoms. The molecular weight excluding hydrogens is 204 g/mol. The Kier molecular flexibility index (Phi) is 2.30. The Morgan fingerprint density at radius 1 is 1.31 bits per heavy atom. The molecule has 3 rings (SSSR count). The lowest BCUT2D eigenvalue weighted by Gasteiger charge is -2.22. The highest BCUT2D eigenvalue weighted by atomic mass is 16.7. The summed E-state index contributed by atoms with van der Waals surface area (Å²) in [5, 5.41) is 0. The molecule has 0 aromatic heterocycles. The molecule has 0 saturated carbocycles. The molecule has 1 saturated heterocycles. The second-order valence-electron chi connectivity index (χ2n) is 4.40. The number of carbonyl (C=O) groups is 1. The van der Waals surface area contributed by atoms with Crippen molar-refractivity contribution in [3.8, 4) is 0 Å². The fourth-order valence-corrected chi connectivity index (χ4v) is 2.35. The molecule has 3 nitrogen and oxygen atoms in total. The predicted molar refractivity (Wildman–Crippen MR) is 58.8 cm³/mol. The summed E-state index contributed by atoms with van der Waals surface area (Å²) < 4.78 is 11.1. The average Bonchev–Trinajstić information content (AvgIpc) is 2.68. The van der Waals surface area contributed by atoms with Crippen LogP contribution in [0.2, 0.25) is 0 Å². The normalized spacial score (nSPS) is 36.2. The number of hydrogen-bond acceptors (Lipinski definition) is 3. The summed E-state index contributed by atoms with van der Waals surface area (Å²) in [6, 6.07) is 0. The summed E-state index contributed by atoms with van der Waals surface area (Å²) in [6.45, 7) is 1.50. The van der Waals surface area contributed by atoms with Gasteiger partial charge < -0.3 is 9.47 Å². The van der Waals surface area contributed by atoms with E-state index in [-0.39, 0.29) is 18.0 Å². The molecule has 1 aliphatic heterocycles. The molecule has 0 spiro atoms. The molecule has 2 aliphatic carbocycles. The van der Waals surface area contributed by atoms with Crippen LogP contribution in [0.15, 0.2) is 35.5 Å². The summed E-state index contributed by atoms with van der Waals surface area (Å²) in [6.07, 6.45) is 9.72. The summed E-state index contributed by atoms with van der Waals surface area (Å²) in [7, 11) is 0. The molecule has 0 N–H and O–H groups in total. The van der Waals surface area contributed by atoms with Crippen molar-refractivity contribution in [2.75, 3.05) is 0 Å². The smallest absolute Gasteiger partial charge is 0.218 e. The molecule has 84 valence electrons. The summed E-state index contributed by atoms with van der Waals surface area (Å²) in [4.78, 5) is 11.2. The van der Waals surface area contributed by atoms with Crippen LogP contribution in [0.5, 0.6) is 0 Å². The van der Waals surface area contributed by atoms with Gasteiger partial charge in [0, 0.05) is 0 Å². The Morgan fingerprint density at radius 3 is 2.81 bits per heavy atom. The number of Topliss-reactive ketones (excluding diaryl/α,β-unsaturated/α-hetero) is 1. The van der Waals surface area contributed by atoms with Gasteiger partial charge in [0.2, 0.25) is 6.29 Å². The third-order valence-corrected chi connectivity index (χ3v) is 3.18. The maximum Gasteiger partial charge on any atom is 0.218 e. The first kappa shape index (κ1) is 10.00. The minimum atomic E-state index is -0.687. The Bertz CT molecular complexity index is 417. The van der Waals surface area contributed by atoms with Crippen molar-refractivity contribution in [2.24, 2.45) is 0 Å². The summed E-state index contributed by atoms with van der Waals surface area (Å²) >= 11 is 0. The molecular formula is C13H14O3. The van der Waals surface area contributed by atoms with E-state index >= 15 is 0 Å². The van der Waals surface area contributed by atoms with Gasteiger partial charge in [-0.05, 0) is 43.1 Å². The fraction of sp³-hybridized carbons (Fsp3) is 0.462. The van der Waals surface area contributed by atoms with Crippen LogP contribution in [-0.4, -0.2) is 24.3 Å². The molecule has 0 aromatic rings. The first-order valence-corrected chi connectivity index (χ1v) is 5.65. The zero-order valence-corrected chi connectivity index (χ0v) is 9.18. The van der Waals surface area contributed by atoms with Gasteiger partial charge in [-0.25, -0.2) is 0 Å². The van der Waals surface area contributed by atoms with E-state index < -0.39 is 6.29 Å². The highest BCUT2D eigenvalue weighted by molar-refractivity contribution is 5.79. The van der Waals surface area contributed by atoms with E-state index in [2.05, 4.69) is 24.3 Å². The molecule has 3 atom stereocenters. The lowest BCUT2D eigenvalue weighted by molar-refractivity contribution is -0.144. The molecule has 3 aliphatic rings. The zero-order chi connectivity index (χ0) is 11.1. The van der Waals surface area contributed by atoms with E-state index in [0.717, 1.165) is 12.8 Å². The lowest BCUT2D eigenvalue weighted by atomic mass is 9.88. The highest BCUT2D eigenvalue weighted by Gasteiger charge is 2.38. The van der Waals surface area contributed by atoms with E-state index in [9.17, 15) is 4.79 Å². The van der Waals surface area contributed by atoms with Crippen LogP contribution in [0, 0.1) is 0 Å². The molecule has 0 radical (unpaired) electrons. The topological polar surface area (TPSA) is 35.5 Å². The van der Waals surface area contributed by atoms with Crippen LogP contribution in [0.4, 0.5) is 0 Å². The molecule has 0 amide bonds. The monoisotopic (exact) mass is 218 g/mol. The third-order valence-electron chi connectivity index (χ3n) is 3.18. The van der Waals surface area contributed by atoms with Crippen molar-refractivity contribution in [1.29, 1.82) is 0 Å². The van der Waals surface area contributed by atoms with Gasteiger partial charge in [0.1, 0.15) is 12.2 Å². The Labute approximate surface area is 94.4 Å². The molecule has 3 heteroatoms. The van der Waals surface area contributed by atoms with Gasteiger partial charge in [0.15, 0.2) is 5.78 Å². The Hall–Kier alpha value is -1.19. The maximum absolute atomic E-state index is 11.2. The van der Waals surface area contributed by atoms with Gasteiger partial charge in [-0.1, -0.05) is 12.2 Å². The number of carbonyl (C=O) groups excluding carboxylic acids is 1.